The molecule has 1 aliphatic rings. The molecule has 0 bridgehead atoms. The quantitative estimate of drug-likeness (QED) is 0.805. The molecule has 7 heteroatoms. The molecule has 21 heavy (non-hydrogen) atoms. The van der Waals surface area contributed by atoms with E-state index < -0.39 is 5.97 Å². The fourth-order valence-corrected chi connectivity index (χ4v) is 2.10. The van der Waals surface area contributed by atoms with E-state index in [1.165, 1.54) is 15.9 Å². The van der Waals surface area contributed by atoms with E-state index >= 15 is 0 Å². The molecule has 0 radical (unpaired) electrons. The number of nitrogens with zero attached hydrogens (tertiary/aromatic N) is 2. The molecule has 2 heterocycles. The third-order valence-electron chi connectivity index (χ3n) is 3.21. The van der Waals surface area contributed by atoms with Crippen molar-refractivity contribution in [1.29, 1.82) is 0 Å². The molecule has 1 aromatic heterocycles. The minimum atomic E-state index is -0.902. The van der Waals surface area contributed by atoms with Crippen molar-refractivity contribution < 1.29 is 23.9 Å². The summed E-state index contributed by atoms with van der Waals surface area (Å²) >= 11 is 0. The standard InChI is InChI=1S/C14H16N2O5/c1-2-11(17)15-7-8-16(12(18)9-15)13-5-3-10(21-13)4-6-14(19)20/h2-3,5H,1,4,6-9H2,(H,19,20). The highest BCUT2D eigenvalue weighted by molar-refractivity contribution is 5.98. The van der Waals surface area contributed by atoms with Crippen molar-refractivity contribution in [3.63, 3.8) is 0 Å². The van der Waals surface area contributed by atoms with Crippen molar-refractivity contribution in [3.8, 4) is 0 Å². The minimum absolute atomic E-state index is 0.0178. The summed E-state index contributed by atoms with van der Waals surface area (Å²) in [7, 11) is 0. The van der Waals surface area contributed by atoms with E-state index in [-0.39, 0.29) is 31.2 Å². The summed E-state index contributed by atoms with van der Waals surface area (Å²) < 4.78 is 5.48. The molecule has 0 saturated carbocycles. The van der Waals surface area contributed by atoms with Gasteiger partial charge in [-0.2, -0.15) is 0 Å². The van der Waals surface area contributed by atoms with Gasteiger partial charge < -0.3 is 14.4 Å². The monoisotopic (exact) mass is 292 g/mol. The van der Waals surface area contributed by atoms with Gasteiger partial charge in [0.05, 0.1) is 6.42 Å². The molecule has 0 aliphatic carbocycles. The van der Waals surface area contributed by atoms with Gasteiger partial charge in [0.25, 0.3) is 0 Å². The average Bonchev–Trinajstić information content (AvgIpc) is 2.92. The van der Waals surface area contributed by atoms with E-state index in [2.05, 4.69) is 6.58 Å². The van der Waals surface area contributed by atoms with Gasteiger partial charge in [0.15, 0.2) is 0 Å². The maximum Gasteiger partial charge on any atom is 0.303 e. The Morgan fingerprint density at radius 2 is 2.14 bits per heavy atom. The second kappa shape index (κ2) is 6.25. The van der Waals surface area contributed by atoms with Gasteiger partial charge in [-0.1, -0.05) is 6.58 Å². The second-order valence-corrected chi connectivity index (χ2v) is 4.64. The molecule has 2 amide bonds. The molecule has 0 unspecified atom stereocenters. The van der Waals surface area contributed by atoms with Gasteiger partial charge in [0.2, 0.25) is 17.7 Å². The van der Waals surface area contributed by atoms with Gasteiger partial charge in [0.1, 0.15) is 12.3 Å². The zero-order chi connectivity index (χ0) is 15.4. The Kier molecular flexibility index (Phi) is 4.42. The number of rotatable bonds is 5. The average molecular weight is 292 g/mol. The van der Waals surface area contributed by atoms with Crippen molar-refractivity contribution in [3.05, 3.63) is 30.5 Å². The largest absolute Gasteiger partial charge is 0.481 e. The molecular formula is C14H16N2O5. The first-order chi connectivity index (χ1) is 10.0. The maximum atomic E-state index is 12.0. The number of hydrogen-bond acceptors (Lipinski definition) is 4. The zero-order valence-electron chi connectivity index (χ0n) is 11.4. The second-order valence-electron chi connectivity index (χ2n) is 4.64. The number of amides is 2. The summed E-state index contributed by atoms with van der Waals surface area (Å²) in [5.41, 5.74) is 0. The smallest absolute Gasteiger partial charge is 0.303 e. The molecular weight excluding hydrogens is 276 g/mol. The Bertz CT molecular complexity index is 578. The topological polar surface area (TPSA) is 91.1 Å². The van der Waals surface area contributed by atoms with Crippen LogP contribution in [-0.2, 0) is 20.8 Å². The summed E-state index contributed by atoms with van der Waals surface area (Å²) in [6.45, 7) is 4.12. The maximum absolute atomic E-state index is 12.0. The van der Waals surface area contributed by atoms with Crippen LogP contribution in [0.4, 0.5) is 5.88 Å². The van der Waals surface area contributed by atoms with E-state index in [1.54, 1.807) is 12.1 Å². The van der Waals surface area contributed by atoms with Crippen LogP contribution in [0.1, 0.15) is 12.2 Å². The van der Waals surface area contributed by atoms with Crippen molar-refractivity contribution in [1.82, 2.24) is 4.90 Å². The number of aliphatic carboxylic acids is 1. The number of furan rings is 1. The minimum Gasteiger partial charge on any atom is -0.481 e. The Labute approximate surface area is 121 Å². The van der Waals surface area contributed by atoms with Crippen molar-refractivity contribution in [2.24, 2.45) is 0 Å². The predicted molar refractivity (Wildman–Crippen MR) is 73.8 cm³/mol. The van der Waals surface area contributed by atoms with Crippen LogP contribution in [-0.4, -0.2) is 47.4 Å². The molecule has 2 rings (SSSR count). The summed E-state index contributed by atoms with van der Waals surface area (Å²) in [5.74, 6) is -0.517. The first-order valence-electron chi connectivity index (χ1n) is 6.53. The summed E-state index contributed by atoms with van der Waals surface area (Å²) in [6, 6.07) is 3.30. The SMILES string of the molecule is C=CC(=O)N1CCN(c2ccc(CCC(=O)O)o2)C(=O)C1. The van der Waals surface area contributed by atoms with Crippen molar-refractivity contribution in [2.75, 3.05) is 24.5 Å². The number of piperazine rings is 1. The van der Waals surface area contributed by atoms with Crippen molar-refractivity contribution >= 4 is 23.7 Å². The Morgan fingerprint density at radius 3 is 2.76 bits per heavy atom. The number of anilines is 1. The van der Waals surface area contributed by atoms with Gasteiger partial charge in [-0.15, -0.1) is 0 Å². The molecule has 0 spiro atoms. The lowest BCUT2D eigenvalue weighted by Crippen LogP contribution is -2.52. The lowest BCUT2D eigenvalue weighted by Gasteiger charge is -2.32. The third-order valence-corrected chi connectivity index (χ3v) is 3.21. The van der Waals surface area contributed by atoms with Gasteiger partial charge in [-0.3, -0.25) is 19.3 Å². The van der Waals surface area contributed by atoms with Crippen LogP contribution in [0, 0.1) is 0 Å². The normalized spacial score (nSPS) is 15.1. The van der Waals surface area contributed by atoms with Crippen LogP contribution in [0.2, 0.25) is 0 Å². The number of carbonyl (C=O) groups excluding carboxylic acids is 2. The van der Waals surface area contributed by atoms with Crippen LogP contribution in [0.3, 0.4) is 0 Å². The fourth-order valence-electron chi connectivity index (χ4n) is 2.10. The molecule has 112 valence electrons. The highest BCUT2D eigenvalue weighted by Gasteiger charge is 2.28. The lowest BCUT2D eigenvalue weighted by atomic mass is 10.2. The first kappa shape index (κ1) is 14.8. The highest BCUT2D eigenvalue weighted by Crippen LogP contribution is 2.21. The molecule has 1 aliphatic heterocycles. The Balaban J connectivity index is 2.00. The van der Waals surface area contributed by atoms with Crippen LogP contribution >= 0.6 is 0 Å². The molecule has 0 atom stereocenters. The van der Waals surface area contributed by atoms with Gasteiger partial charge in [-0.25, -0.2) is 0 Å². The zero-order valence-corrected chi connectivity index (χ0v) is 11.4. The van der Waals surface area contributed by atoms with Crippen LogP contribution in [0.15, 0.2) is 29.2 Å². The molecule has 1 aromatic rings. The van der Waals surface area contributed by atoms with Crippen LogP contribution < -0.4 is 4.90 Å². The van der Waals surface area contributed by atoms with E-state index in [4.69, 9.17) is 9.52 Å². The fraction of sp³-hybridized carbons (Fsp3) is 0.357. The van der Waals surface area contributed by atoms with Crippen LogP contribution in [0.25, 0.3) is 0 Å². The number of carboxylic acids is 1. The van der Waals surface area contributed by atoms with Gasteiger partial charge in [0, 0.05) is 25.6 Å². The highest BCUT2D eigenvalue weighted by atomic mass is 16.4. The number of carbonyl (C=O) groups is 3. The van der Waals surface area contributed by atoms with Crippen LogP contribution in [0.5, 0.6) is 0 Å². The van der Waals surface area contributed by atoms with Gasteiger partial charge in [-0.05, 0) is 12.1 Å². The molecule has 0 aromatic carbocycles. The molecule has 1 fully saturated rings. The Hall–Kier alpha value is -2.57. The summed E-state index contributed by atoms with van der Waals surface area (Å²) in [6.07, 6.45) is 1.43. The van der Waals surface area contributed by atoms with E-state index in [9.17, 15) is 14.4 Å². The lowest BCUT2D eigenvalue weighted by molar-refractivity contribution is -0.137. The predicted octanol–water partition coefficient (Wildman–Crippen LogP) is 0.658. The number of hydrogen-bond donors (Lipinski definition) is 1. The summed E-state index contributed by atoms with van der Waals surface area (Å²) in [5, 5.41) is 8.63. The van der Waals surface area contributed by atoms with E-state index in [0.717, 1.165) is 0 Å². The van der Waals surface area contributed by atoms with E-state index in [1.807, 2.05) is 0 Å². The number of carboxylic acid groups (broad SMARTS) is 1. The van der Waals surface area contributed by atoms with E-state index in [0.29, 0.717) is 24.7 Å². The Morgan fingerprint density at radius 1 is 1.38 bits per heavy atom. The summed E-state index contributed by atoms with van der Waals surface area (Å²) in [4.78, 5) is 36.9. The molecule has 1 N–H and O–H groups in total. The third kappa shape index (κ3) is 3.50. The van der Waals surface area contributed by atoms with Gasteiger partial charge >= 0.3 is 5.97 Å². The number of aryl methyl sites for hydroxylation is 1. The molecule has 7 nitrogen and oxygen atoms in total. The van der Waals surface area contributed by atoms with Crippen molar-refractivity contribution in [2.45, 2.75) is 12.8 Å². The molecule has 1 saturated heterocycles. The first-order valence-corrected chi connectivity index (χ1v) is 6.53.